The molecular formula is C23H22F2N6O2. The third-order valence-electron chi connectivity index (χ3n) is 5.73. The second kappa shape index (κ2) is 8.36. The van der Waals surface area contributed by atoms with Gasteiger partial charge in [0.05, 0.1) is 30.6 Å². The molecule has 2 N–H and O–H groups in total. The normalized spacial score (nSPS) is 19.3. The molecule has 1 fully saturated rings. The van der Waals surface area contributed by atoms with Crippen LogP contribution in [0.1, 0.15) is 30.6 Å². The third kappa shape index (κ3) is 4.09. The number of phenolic OH excluding ortho intramolecular Hbond substituents is 1. The summed E-state index contributed by atoms with van der Waals surface area (Å²) in [5.74, 6) is -0.118. The number of fused-ring (bicyclic) bond motifs is 1. The zero-order valence-corrected chi connectivity index (χ0v) is 17.8. The average Bonchev–Trinajstić information content (AvgIpc) is 3.38. The van der Waals surface area contributed by atoms with Crippen LogP contribution in [0, 0.1) is 5.82 Å². The second-order valence-corrected chi connectivity index (χ2v) is 8.26. The number of alkyl halides is 1. The van der Waals surface area contributed by atoms with Crippen molar-refractivity contribution in [3.8, 4) is 17.1 Å². The number of anilines is 1. The number of phenols is 1. The van der Waals surface area contributed by atoms with Crippen LogP contribution >= 0.6 is 0 Å². The molecule has 33 heavy (non-hydrogen) atoms. The maximum atomic E-state index is 14.5. The van der Waals surface area contributed by atoms with Gasteiger partial charge in [-0.3, -0.25) is 0 Å². The molecule has 0 unspecified atom stereocenters. The molecule has 4 heterocycles. The van der Waals surface area contributed by atoms with Crippen molar-refractivity contribution in [2.75, 3.05) is 11.4 Å². The number of aromatic hydroxyl groups is 1. The van der Waals surface area contributed by atoms with E-state index in [4.69, 9.17) is 0 Å². The number of nitrogens with zero attached hydrogens (tertiary/aromatic N) is 6. The number of halogens is 2. The highest BCUT2D eigenvalue weighted by molar-refractivity contribution is 5.61. The lowest BCUT2D eigenvalue weighted by Gasteiger charge is -2.26. The lowest BCUT2D eigenvalue weighted by Crippen LogP contribution is -2.25. The van der Waals surface area contributed by atoms with Crippen LogP contribution in [0.15, 0.2) is 48.9 Å². The minimum Gasteiger partial charge on any atom is -0.508 e. The number of aliphatic hydroxyl groups is 1. The summed E-state index contributed by atoms with van der Waals surface area (Å²) in [5.41, 5.74) is 2.78. The molecule has 8 nitrogen and oxygen atoms in total. The molecule has 0 aliphatic carbocycles. The van der Waals surface area contributed by atoms with E-state index in [-0.39, 0.29) is 18.7 Å². The van der Waals surface area contributed by atoms with Crippen molar-refractivity contribution in [2.24, 2.45) is 0 Å². The molecule has 0 amide bonds. The summed E-state index contributed by atoms with van der Waals surface area (Å²) in [6.07, 6.45) is 1.87. The highest BCUT2D eigenvalue weighted by Crippen LogP contribution is 2.40. The van der Waals surface area contributed by atoms with Crippen molar-refractivity contribution < 1.29 is 19.0 Å². The standard InChI is InChI=1S/C23H22F2N6O2/c1-13(32)6-16-9-18(28-12-27-16)20-10-26-22-4-5-23(29-31(20)22)30-11-15(25)8-19(30)17-7-14(24)2-3-21(17)33/h2-5,7,9-10,12-13,15,19,32-33H,6,8,11H2,1H3/t13-,15-,19+/m0/s1. The Labute approximate surface area is 188 Å². The van der Waals surface area contributed by atoms with Crippen molar-refractivity contribution in [3.63, 3.8) is 0 Å². The minimum absolute atomic E-state index is 0.0647. The van der Waals surface area contributed by atoms with Gasteiger partial charge in [0.2, 0.25) is 0 Å². The van der Waals surface area contributed by atoms with E-state index in [1.165, 1.54) is 24.5 Å². The van der Waals surface area contributed by atoms with Gasteiger partial charge in [0.25, 0.3) is 0 Å². The Hall–Kier alpha value is -3.66. The lowest BCUT2D eigenvalue weighted by atomic mass is 10.0. The number of imidazole rings is 1. The van der Waals surface area contributed by atoms with E-state index in [1.54, 1.807) is 40.7 Å². The van der Waals surface area contributed by atoms with E-state index < -0.39 is 24.1 Å². The Kier molecular flexibility index (Phi) is 5.37. The first-order chi connectivity index (χ1) is 15.9. The molecule has 1 saturated heterocycles. The van der Waals surface area contributed by atoms with E-state index in [0.29, 0.717) is 40.5 Å². The highest BCUT2D eigenvalue weighted by Gasteiger charge is 2.36. The summed E-state index contributed by atoms with van der Waals surface area (Å²) in [5, 5.41) is 24.6. The molecule has 3 atom stereocenters. The molecule has 1 aliphatic heterocycles. The Morgan fingerprint density at radius 2 is 2.00 bits per heavy atom. The number of hydrogen-bond acceptors (Lipinski definition) is 7. The maximum Gasteiger partial charge on any atom is 0.154 e. The Bertz CT molecular complexity index is 1310. The molecule has 1 aliphatic rings. The smallest absolute Gasteiger partial charge is 0.154 e. The van der Waals surface area contributed by atoms with Gasteiger partial charge in [-0.2, -0.15) is 0 Å². The lowest BCUT2D eigenvalue weighted by molar-refractivity contribution is 0.194. The number of aliphatic hydroxyl groups excluding tert-OH is 1. The SMILES string of the molecule is C[C@H](O)Cc1cc(-c2cnc3ccc(N4C[C@@H](F)C[C@@H]4c4cc(F)ccc4O)nn23)ncn1. The van der Waals surface area contributed by atoms with Crippen LogP contribution in [0.2, 0.25) is 0 Å². The van der Waals surface area contributed by atoms with Gasteiger partial charge in [-0.15, -0.1) is 5.10 Å². The van der Waals surface area contributed by atoms with Gasteiger partial charge < -0.3 is 15.1 Å². The minimum atomic E-state index is -1.15. The Balaban J connectivity index is 1.55. The van der Waals surface area contributed by atoms with Gasteiger partial charge >= 0.3 is 0 Å². The van der Waals surface area contributed by atoms with Crippen molar-refractivity contribution in [1.82, 2.24) is 24.6 Å². The molecular weight excluding hydrogens is 430 g/mol. The predicted molar refractivity (Wildman–Crippen MR) is 117 cm³/mol. The quantitative estimate of drug-likeness (QED) is 0.480. The average molecular weight is 452 g/mol. The highest BCUT2D eigenvalue weighted by atomic mass is 19.1. The molecule has 4 aromatic rings. The van der Waals surface area contributed by atoms with Gasteiger partial charge in [0, 0.05) is 24.1 Å². The second-order valence-electron chi connectivity index (χ2n) is 8.26. The zero-order valence-electron chi connectivity index (χ0n) is 17.8. The summed E-state index contributed by atoms with van der Waals surface area (Å²) in [4.78, 5) is 14.6. The van der Waals surface area contributed by atoms with Crippen molar-refractivity contribution >= 4 is 11.5 Å². The van der Waals surface area contributed by atoms with Gasteiger partial charge in [0.1, 0.15) is 35.6 Å². The molecule has 0 bridgehead atoms. The molecule has 10 heteroatoms. The van der Waals surface area contributed by atoms with Crippen LogP contribution in [0.5, 0.6) is 5.75 Å². The van der Waals surface area contributed by atoms with Crippen LogP contribution < -0.4 is 4.90 Å². The van der Waals surface area contributed by atoms with E-state index in [2.05, 4.69) is 20.1 Å². The number of hydrogen-bond donors (Lipinski definition) is 2. The topological polar surface area (TPSA) is 99.7 Å². The number of aromatic nitrogens is 5. The first-order valence-corrected chi connectivity index (χ1v) is 10.6. The van der Waals surface area contributed by atoms with Gasteiger partial charge in [-0.05, 0) is 43.3 Å². The van der Waals surface area contributed by atoms with Crippen molar-refractivity contribution in [1.29, 1.82) is 0 Å². The van der Waals surface area contributed by atoms with Crippen LogP contribution in [-0.4, -0.2) is 53.6 Å². The van der Waals surface area contributed by atoms with Crippen molar-refractivity contribution in [3.05, 3.63) is 66.0 Å². The molecule has 0 spiro atoms. The van der Waals surface area contributed by atoms with Gasteiger partial charge in [-0.25, -0.2) is 28.2 Å². The summed E-state index contributed by atoms with van der Waals surface area (Å²) in [6.45, 7) is 1.75. The monoisotopic (exact) mass is 452 g/mol. The fourth-order valence-corrected chi connectivity index (χ4v) is 4.27. The van der Waals surface area contributed by atoms with Gasteiger partial charge in [0.15, 0.2) is 5.65 Å². The Morgan fingerprint density at radius 3 is 2.82 bits per heavy atom. The van der Waals surface area contributed by atoms with E-state index in [1.807, 2.05) is 0 Å². The molecule has 5 rings (SSSR count). The van der Waals surface area contributed by atoms with Gasteiger partial charge in [-0.1, -0.05) is 0 Å². The fourth-order valence-electron chi connectivity index (χ4n) is 4.27. The zero-order chi connectivity index (χ0) is 23.1. The van der Waals surface area contributed by atoms with Crippen LogP contribution in [0.4, 0.5) is 14.6 Å². The van der Waals surface area contributed by atoms with E-state index in [0.717, 1.165) is 0 Å². The molecule has 3 aromatic heterocycles. The molecule has 0 saturated carbocycles. The largest absolute Gasteiger partial charge is 0.508 e. The molecule has 1 aromatic carbocycles. The molecule has 170 valence electrons. The Morgan fingerprint density at radius 1 is 1.15 bits per heavy atom. The summed E-state index contributed by atoms with van der Waals surface area (Å²) in [7, 11) is 0. The first kappa shape index (κ1) is 21.2. The predicted octanol–water partition coefficient (Wildman–Crippen LogP) is 3.24. The van der Waals surface area contributed by atoms with Crippen molar-refractivity contribution in [2.45, 2.75) is 38.1 Å². The number of benzene rings is 1. The fraction of sp³-hybridized carbons (Fsp3) is 0.304. The summed E-state index contributed by atoms with van der Waals surface area (Å²) < 4.78 is 29.9. The number of rotatable bonds is 5. The maximum absolute atomic E-state index is 14.5. The van der Waals surface area contributed by atoms with Crippen LogP contribution in [-0.2, 0) is 6.42 Å². The van der Waals surface area contributed by atoms with E-state index >= 15 is 0 Å². The van der Waals surface area contributed by atoms with Crippen LogP contribution in [0.25, 0.3) is 17.0 Å². The van der Waals surface area contributed by atoms with Crippen LogP contribution in [0.3, 0.4) is 0 Å². The first-order valence-electron chi connectivity index (χ1n) is 10.6. The molecule has 0 radical (unpaired) electrons. The van der Waals surface area contributed by atoms with E-state index in [9.17, 15) is 19.0 Å². The summed E-state index contributed by atoms with van der Waals surface area (Å²) in [6, 6.07) is 8.37. The summed E-state index contributed by atoms with van der Waals surface area (Å²) >= 11 is 0. The third-order valence-corrected chi connectivity index (χ3v) is 5.73.